The van der Waals surface area contributed by atoms with E-state index in [-0.39, 0.29) is 6.61 Å². The van der Waals surface area contributed by atoms with Crippen LogP contribution in [0.4, 0.5) is 0 Å². The predicted molar refractivity (Wildman–Crippen MR) is 153 cm³/mol. The molecule has 0 unspecified atom stereocenters. The van der Waals surface area contributed by atoms with Gasteiger partial charge in [-0.1, -0.05) is 15.9 Å². The van der Waals surface area contributed by atoms with Gasteiger partial charge in [-0.25, -0.2) is 0 Å². The molecule has 0 N–H and O–H groups in total. The van der Waals surface area contributed by atoms with Crippen molar-refractivity contribution in [3.63, 3.8) is 0 Å². The summed E-state index contributed by atoms with van der Waals surface area (Å²) in [6.07, 6.45) is -15.1. The summed E-state index contributed by atoms with van der Waals surface area (Å²) >= 11 is 3.22. The van der Waals surface area contributed by atoms with E-state index < -0.39 is 116 Å². The third kappa shape index (κ3) is 12.6. The minimum atomic E-state index is -1.76. The van der Waals surface area contributed by atoms with Crippen LogP contribution in [0.15, 0.2) is 0 Å². The van der Waals surface area contributed by atoms with E-state index in [1.807, 2.05) is 0 Å². The Morgan fingerprint density at radius 2 is 0.851 bits per heavy atom. The Labute approximate surface area is 278 Å². The van der Waals surface area contributed by atoms with Gasteiger partial charge in [0.25, 0.3) is 0 Å². The average Bonchev–Trinajstić information content (AvgIpc) is 2.94. The smallest absolute Gasteiger partial charge is 0.303 e. The van der Waals surface area contributed by atoms with Crippen molar-refractivity contribution in [2.75, 3.05) is 25.2 Å². The number of carbonyl (C=O) groups is 7. The zero-order valence-corrected chi connectivity index (χ0v) is 28.4. The van der Waals surface area contributed by atoms with Crippen molar-refractivity contribution in [2.24, 2.45) is 0 Å². The van der Waals surface area contributed by atoms with Gasteiger partial charge in [-0.05, 0) is 0 Å². The second kappa shape index (κ2) is 18.8. The number of rotatable bonds is 14. The van der Waals surface area contributed by atoms with Crippen LogP contribution in [0.1, 0.15) is 48.5 Å². The second-order valence-corrected chi connectivity index (χ2v) is 11.0. The molecule has 0 bridgehead atoms. The van der Waals surface area contributed by atoms with Crippen molar-refractivity contribution in [2.45, 2.75) is 110 Å². The summed E-state index contributed by atoms with van der Waals surface area (Å²) in [4.78, 5) is 84.6. The Morgan fingerprint density at radius 1 is 0.489 bits per heavy atom. The number of hydrogen-bond acceptors (Lipinski definition) is 18. The molecule has 2 fully saturated rings. The first-order chi connectivity index (χ1) is 22.0. The van der Waals surface area contributed by atoms with E-state index in [0.717, 1.165) is 48.5 Å². The van der Waals surface area contributed by atoms with Gasteiger partial charge < -0.3 is 52.1 Å². The van der Waals surface area contributed by atoms with E-state index in [0.29, 0.717) is 5.33 Å². The molecule has 266 valence electrons. The zero-order chi connectivity index (χ0) is 35.4. The van der Waals surface area contributed by atoms with E-state index in [9.17, 15) is 33.6 Å². The summed E-state index contributed by atoms with van der Waals surface area (Å²) in [6.45, 7) is 6.50. The van der Waals surface area contributed by atoms with Gasteiger partial charge in [0.1, 0.15) is 31.5 Å². The Balaban J connectivity index is 2.71. The minimum Gasteiger partial charge on any atom is -0.463 e. The fraction of sp³-hybridized carbons (Fsp3) is 0.750. The Hall–Kier alpha value is -3.39. The summed E-state index contributed by atoms with van der Waals surface area (Å²) in [5.74, 6) is -5.76. The maximum Gasteiger partial charge on any atom is 0.303 e. The monoisotopic (exact) mass is 742 g/mol. The minimum absolute atomic E-state index is 0.0424. The van der Waals surface area contributed by atoms with Crippen molar-refractivity contribution in [3.8, 4) is 0 Å². The predicted octanol–water partition coefficient (Wildman–Crippen LogP) is 0.0176. The highest BCUT2D eigenvalue weighted by atomic mass is 79.9. The molecule has 47 heavy (non-hydrogen) atoms. The third-order valence-electron chi connectivity index (χ3n) is 6.24. The van der Waals surface area contributed by atoms with Crippen LogP contribution in [0.25, 0.3) is 0 Å². The summed E-state index contributed by atoms with van der Waals surface area (Å²) in [7, 11) is 0. The Morgan fingerprint density at radius 3 is 1.28 bits per heavy atom. The van der Waals surface area contributed by atoms with Crippen LogP contribution in [0.2, 0.25) is 0 Å². The van der Waals surface area contributed by atoms with E-state index in [1.165, 1.54) is 0 Å². The van der Waals surface area contributed by atoms with Crippen LogP contribution in [0.3, 0.4) is 0 Å². The molecule has 2 rings (SSSR count). The first-order valence-electron chi connectivity index (χ1n) is 14.3. The fourth-order valence-electron chi connectivity index (χ4n) is 4.77. The molecule has 2 aliphatic rings. The van der Waals surface area contributed by atoms with Crippen molar-refractivity contribution in [1.82, 2.24) is 0 Å². The maximum atomic E-state index is 12.4. The molecule has 0 aromatic carbocycles. The van der Waals surface area contributed by atoms with E-state index in [2.05, 4.69) is 15.9 Å². The first-order valence-corrected chi connectivity index (χ1v) is 15.4. The fourth-order valence-corrected chi connectivity index (χ4v) is 4.95. The first kappa shape index (κ1) is 39.8. The highest BCUT2D eigenvalue weighted by Crippen LogP contribution is 2.35. The third-order valence-corrected chi connectivity index (χ3v) is 6.57. The van der Waals surface area contributed by atoms with Gasteiger partial charge >= 0.3 is 41.8 Å². The molecule has 0 amide bonds. The number of halogens is 1. The van der Waals surface area contributed by atoms with Crippen LogP contribution < -0.4 is 0 Å². The summed E-state index contributed by atoms with van der Waals surface area (Å²) in [6, 6.07) is 0. The molecule has 0 aromatic heterocycles. The maximum absolute atomic E-state index is 12.4. The Bertz CT molecular complexity index is 1140. The Kier molecular flexibility index (Phi) is 15.9. The van der Waals surface area contributed by atoms with E-state index in [4.69, 9.17) is 52.1 Å². The zero-order valence-electron chi connectivity index (χ0n) is 26.8. The summed E-state index contributed by atoms with van der Waals surface area (Å²) < 4.78 is 61.5. The summed E-state index contributed by atoms with van der Waals surface area (Å²) in [5.41, 5.74) is 0. The molecule has 0 aliphatic carbocycles. The van der Waals surface area contributed by atoms with Crippen LogP contribution in [-0.2, 0) is 85.7 Å². The van der Waals surface area contributed by atoms with Crippen LogP contribution in [0, 0.1) is 0 Å². The van der Waals surface area contributed by atoms with Gasteiger partial charge in [-0.15, -0.1) is 0 Å². The van der Waals surface area contributed by atoms with Gasteiger partial charge in [-0.2, -0.15) is 0 Å². The second-order valence-electron chi connectivity index (χ2n) is 10.2. The topological polar surface area (TPSA) is 221 Å². The normalized spacial score (nSPS) is 30.2. The van der Waals surface area contributed by atoms with Gasteiger partial charge in [0.15, 0.2) is 43.1 Å². The summed E-state index contributed by atoms with van der Waals surface area (Å²) in [5, 5.41) is 0.331. The molecule has 10 atom stereocenters. The lowest BCUT2D eigenvalue weighted by molar-refractivity contribution is -0.360. The van der Waals surface area contributed by atoms with Gasteiger partial charge in [-0.3, -0.25) is 33.6 Å². The number of hydrogen-bond donors (Lipinski definition) is 0. The molecule has 2 aliphatic heterocycles. The average molecular weight is 744 g/mol. The quantitative estimate of drug-likeness (QED) is 0.130. The van der Waals surface area contributed by atoms with Gasteiger partial charge in [0.2, 0.25) is 0 Å². The lowest BCUT2D eigenvalue weighted by Gasteiger charge is -2.48. The molecular weight excluding hydrogens is 704 g/mol. The molecule has 0 saturated carbocycles. The van der Waals surface area contributed by atoms with Crippen molar-refractivity contribution in [3.05, 3.63) is 0 Å². The van der Waals surface area contributed by atoms with Crippen LogP contribution >= 0.6 is 15.9 Å². The molecular formula is C28H39BrO18. The molecule has 2 saturated heterocycles. The number of alkyl halides is 1. The van der Waals surface area contributed by atoms with Crippen molar-refractivity contribution >= 4 is 57.7 Å². The highest BCUT2D eigenvalue weighted by Gasteiger charge is 2.57. The molecule has 18 nitrogen and oxygen atoms in total. The lowest BCUT2D eigenvalue weighted by atomic mass is 9.96. The molecule has 0 radical (unpaired) electrons. The molecule has 0 spiro atoms. The van der Waals surface area contributed by atoms with E-state index in [1.54, 1.807) is 0 Å². The van der Waals surface area contributed by atoms with Crippen LogP contribution in [0.5, 0.6) is 0 Å². The van der Waals surface area contributed by atoms with Crippen LogP contribution in [-0.4, -0.2) is 128 Å². The molecule has 0 aromatic rings. The van der Waals surface area contributed by atoms with Gasteiger partial charge in [0.05, 0.1) is 6.61 Å². The molecule has 2 heterocycles. The SMILES string of the molecule is CC(=O)OC[C@H]1O[C@@H](O[C@H]2[C@H](OC(C)=O)[C@@H](OC(C)=O)[C@H](OCCBr)O[C@@H]2COC(C)=O)[C@H](OC(C)=O)[C@@H](OC(C)=O)[C@H]1OC(C)=O. The number of ether oxygens (including phenoxy) is 11. The van der Waals surface area contributed by atoms with Gasteiger partial charge in [0, 0.05) is 53.8 Å². The largest absolute Gasteiger partial charge is 0.463 e. The lowest BCUT2D eigenvalue weighted by Crippen LogP contribution is -2.67. The van der Waals surface area contributed by atoms with Crippen molar-refractivity contribution in [1.29, 1.82) is 0 Å². The number of carbonyl (C=O) groups excluding carboxylic acids is 7. The van der Waals surface area contributed by atoms with E-state index >= 15 is 0 Å². The number of esters is 7. The molecule has 19 heteroatoms. The standard InChI is InChI=1S/C28H39BrO18/c1-12(30)38-10-19-21(40-14(3)32)23(41-15(4)33)26(44-18(7)36)28(46-19)47-22-20(11-39-13(2)31)45-27(37-9-8-29)25(43-17(6)35)24(22)42-16(5)34/h19-28H,8-11H2,1-7H3/t19-,20-,21+,22-,23+,24+,25-,26-,27-,28+/m1/s1. The highest BCUT2D eigenvalue weighted by molar-refractivity contribution is 9.09. The van der Waals surface area contributed by atoms with Crippen molar-refractivity contribution < 1.29 is 85.7 Å².